The van der Waals surface area contributed by atoms with Gasteiger partial charge in [0.25, 0.3) is 0 Å². The van der Waals surface area contributed by atoms with Gasteiger partial charge >= 0.3 is 0 Å². The van der Waals surface area contributed by atoms with Gasteiger partial charge in [-0.1, -0.05) is 25.5 Å². The van der Waals surface area contributed by atoms with E-state index in [-0.39, 0.29) is 12.4 Å². The lowest BCUT2D eigenvalue weighted by molar-refractivity contribution is 0.272. The van der Waals surface area contributed by atoms with Gasteiger partial charge in [-0.15, -0.1) is 0 Å². The van der Waals surface area contributed by atoms with Crippen LogP contribution in [0.5, 0.6) is 0 Å². The second-order valence-electron chi connectivity index (χ2n) is 3.55. The molecule has 1 atom stereocenters. The van der Waals surface area contributed by atoms with Crippen molar-refractivity contribution in [3.05, 3.63) is 35.6 Å². The lowest BCUT2D eigenvalue weighted by Crippen LogP contribution is -2.01. The standard InChI is InChI=1S/C12H17FO/c1-2-3-10(8-9-14)11-4-6-12(13)7-5-11/h4-7,10,14H,2-3,8-9H2,1H3. The van der Waals surface area contributed by atoms with Crippen molar-refractivity contribution in [3.8, 4) is 0 Å². The maximum atomic E-state index is 12.7. The van der Waals surface area contributed by atoms with Gasteiger partial charge in [0.2, 0.25) is 0 Å². The Morgan fingerprint density at radius 1 is 1.21 bits per heavy atom. The van der Waals surface area contributed by atoms with Gasteiger partial charge in [-0.2, -0.15) is 0 Å². The van der Waals surface area contributed by atoms with E-state index in [0.29, 0.717) is 5.92 Å². The Balaban J connectivity index is 2.71. The molecule has 0 amide bonds. The van der Waals surface area contributed by atoms with Crippen LogP contribution in [0, 0.1) is 5.82 Å². The zero-order valence-corrected chi connectivity index (χ0v) is 8.54. The fourth-order valence-electron chi connectivity index (χ4n) is 1.72. The summed E-state index contributed by atoms with van der Waals surface area (Å²) in [5.74, 6) is 0.165. The molecular weight excluding hydrogens is 179 g/mol. The summed E-state index contributed by atoms with van der Waals surface area (Å²) in [7, 11) is 0. The van der Waals surface area contributed by atoms with Crippen LogP contribution in [0.15, 0.2) is 24.3 Å². The molecule has 0 aliphatic rings. The lowest BCUT2D eigenvalue weighted by atomic mass is 9.92. The van der Waals surface area contributed by atoms with E-state index in [1.54, 1.807) is 0 Å². The van der Waals surface area contributed by atoms with Crippen molar-refractivity contribution >= 4 is 0 Å². The van der Waals surface area contributed by atoms with Crippen LogP contribution in [0.2, 0.25) is 0 Å². The third-order valence-corrected chi connectivity index (χ3v) is 2.46. The summed E-state index contributed by atoms with van der Waals surface area (Å²) >= 11 is 0. The van der Waals surface area contributed by atoms with Crippen molar-refractivity contribution < 1.29 is 9.50 Å². The molecule has 0 aromatic heterocycles. The van der Waals surface area contributed by atoms with Crippen LogP contribution in [0.3, 0.4) is 0 Å². The van der Waals surface area contributed by atoms with Crippen LogP contribution in [0.4, 0.5) is 4.39 Å². The summed E-state index contributed by atoms with van der Waals surface area (Å²) in [5, 5.41) is 8.91. The first-order chi connectivity index (χ1) is 6.77. The molecule has 1 aromatic carbocycles. The molecule has 1 rings (SSSR count). The predicted molar refractivity (Wildman–Crippen MR) is 55.8 cm³/mol. The van der Waals surface area contributed by atoms with E-state index in [9.17, 15) is 4.39 Å². The molecule has 14 heavy (non-hydrogen) atoms. The fraction of sp³-hybridized carbons (Fsp3) is 0.500. The van der Waals surface area contributed by atoms with Crippen LogP contribution in [0.1, 0.15) is 37.7 Å². The second kappa shape index (κ2) is 5.76. The molecule has 78 valence electrons. The van der Waals surface area contributed by atoms with E-state index >= 15 is 0 Å². The average molecular weight is 196 g/mol. The summed E-state index contributed by atoms with van der Waals surface area (Å²) in [6.07, 6.45) is 2.90. The Bertz CT molecular complexity index is 250. The van der Waals surface area contributed by atoms with Gasteiger partial charge < -0.3 is 5.11 Å². The van der Waals surface area contributed by atoms with Gasteiger partial charge in [-0.05, 0) is 36.5 Å². The fourth-order valence-corrected chi connectivity index (χ4v) is 1.72. The number of aliphatic hydroxyl groups is 1. The van der Waals surface area contributed by atoms with Crippen molar-refractivity contribution in [2.45, 2.75) is 32.1 Å². The smallest absolute Gasteiger partial charge is 0.123 e. The summed E-state index contributed by atoms with van der Waals surface area (Å²) in [5.41, 5.74) is 1.13. The molecule has 0 saturated heterocycles. The lowest BCUT2D eigenvalue weighted by Gasteiger charge is -2.14. The number of halogens is 1. The van der Waals surface area contributed by atoms with Crippen LogP contribution in [-0.2, 0) is 0 Å². The van der Waals surface area contributed by atoms with Crippen molar-refractivity contribution in [1.29, 1.82) is 0 Å². The number of hydrogen-bond donors (Lipinski definition) is 1. The molecule has 0 fully saturated rings. The van der Waals surface area contributed by atoms with Crippen molar-refractivity contribution in [1.82, 2.24) is 0 Å². The molecule has 2 heteroatoms. The monoisotopic (exact) mass is 196 g/mol. The highest BCUT2D eigenvalue weighted by atomic mass is 19.1. The SMILES string of the molecule is CCCC(CCO)c1ccc(F)cc1. The Kier molecular flexibility index (Phi) is 4.60. The first-order valence-corrected chi connectivity index (χ1v) is 5.14. The first kappa shape index (κ1) is 11.2. The Hall–Kier alpha value is -0.890. The van der Waals surface area contributed by atoms with E-state index in [4.69, 9.17) is 5.11 Å². The van der Waals surface area contributed by atoms with Crippen LogP contribution >= 0.6 is 0 Å². The molecule has 0 aliphatic carbocycles. The molecule has 0 saturated carbocycles. The Labute approximate surface area is 84.6 Å². The third-order valence-electron chi connectivity index (χ3n) is 2.46. The first-order valence-electron chi connectivity index (χ1n) is 5.14. The maximum absolute atomic E-state index is 12.7. The topological polar surface area (TPSA) is 20.2 Å². The normalized spacial score (nSPS) is 12.8. The van der Waals surface area contributed by atoms with Gasteiger partial charge in [0.1, 0.15) is 5.82 Å². The quantitative estimate of drug-likeness (QED) is 0.767. The minimum absolute atomic E-state index is 0.196. The molecule has 0 heterocycles. The Morgan fingerprint density at radius 3 is 2.36 bits per heavy atom. The van der Waals surface area contributed by atoms with Crippen molar-refractivity contribution in [2.24, 2.45) is 0 Å². The zero-order chi connectivity index (χ0) is 10.4. The van der Waals surface area contributed by atoms with Gasteiger partial charge in [0.05, 0.1) is 0 Å². The number of benzene rings is 1. The van der Waals surface area contributed by atoms with E-state index in [0.717, 1.165) is 24.8 Å². The number of hydrogen-bond acceptors (Lipinski definition) is 1. The molecule has 1 N–H and O–H groups in total. The third kappa shape index (κ3) is 3.11. The minimum Gasteiger partial charge on any atom is -0.396 e. The summed E-state index contributed by atoms with van der Waals surface area (Å²) < 4.78 is 12.7. The molecule has 0 spiro atoms. The van der Waals surface area contributed by atoms with E-state index < -0.39 is 0 Å². The molecule has 1 aromatic rings. The van der Waals surface area contributed by atoms with Gasteiger partial charge in [0.15, 0.2) is 0 Å². The molecular formula is C12H17FO. The van der Waals surface area contributed by atoms with Gasteiger partial charge in [0, 0.05) is 6.61 Å². The van der Waals surface area contributed by atoms with E-state index in [2.05, 4.69) is 6.92 Å². The largest absolute Gasteiger partial charge is 0.396 e. The number of rotatable bonds is 5. The Morgan fingerprint density at radius 2 is 1.86 bits per heavy atom. The summed E-state index contributed by atoms with van der Waals surface area (Å²) in [6, 6.07) is 6.58. The predicted octanol–water partition coefficient (Wildman–Crippen LogP) is 3.09. The molecule has 0 aliphatic heterocycles. The summed E-state index contributed by atoms with van der Waals surface area (Å²) in [6.45, 7) is 2.32. The van der Waals surface area contributed by atoms with Crippen LogP contribution < -0.4 is 0 Å². The van der Waals surface area contributed by atoms with Crippen molar-refractivity contribution in [3.63, 3.8) is 0 Å². The van der Waals surface area contributed by atoms with Crippen LogP contribution in [-0.4, -0.2) is 11.7 Å². The zero-order valence-electron chi connectivity index (χ0n) is 8.54. The van der Waals surface area contributed by atoms with E-state index in [1.807, 2.05) is 12.1 Å². The van der Waals surface area contributed by atoms with Gasteiger partial charge in [-0.25, -0.2) is 4.39 Å². The van der Waals surface area contributed by atoms with Crippen molar-refractivity contribution in [2.75, 3.05) is 6.61 Å². The average Bonchev–Trinajstić information content (AvgIpc) is 2.19. The highest BCUT2D eigenvalue weighted by Crippen LogP contribution is 2.24. The second-order valence-corrected chi connectivity index (χ2v) is 3.55. The van der Waals surface area contributed by atoms with Crippen LogP contribution in [0.25, 0.3) is 0 Å². The molecule has 0 radical (unpaired) electrons. The minimum atomic E-state index is -0.201. The molecule has 1 nitrogen and oxygen atoms in total. The summed E-state index contributed by atoms with van der Waals surface area (Å²) in [4.78, 5) is 0. The highest BCUT2D eigenvalue weighted by Gasteiger charge is 2.09. The number of aliphatic hydroxyl groups excluding tert-OH is 1. The molecule has 0 bridgehead atoms. The van der Waals surface area contributed by atoms with Gasteiger partial charge in [-0.3, -0.25) is 0 Å². The molecule has 1 unspecified atom stereocenters. The maximum Gasteiger partial charge on any atom is 0.123 e. The van der Waals surface area contributed by atoms with E-state index in [1.165, 1.54) is 12.1 Å². The highest BCUT2D eigenvalue weighted by molar-refractivity contribution is 5.20.